The number of benzene rings is 2. The third-order valence-corrected chi connectivity index (χ3v) is 6.92. The van der Waals surface area contributed by atoms with Gasteiger partial charge in [0.15, 0.2) is 16.6 Å². The average molecular weight is 451 g/mol. The molecule has 0 aliphatic heterocycles. The highest BCUT2D eigenvalue weighted by Crippen LogP contribution is 2.37. The number of nitrogens with zero attached hydrogens (tertiary/aromatic N) is 3. The minimum atomic E-state index is 0.468. The summed E-state index contributed by atoms with van der Waals surface area (Å²) < 4.78 is 18.0. The topological polar surface area (TPSA) is 78.4 Å². The van der Waals surface area contributed by atoms with Gasteiger partial charge in [-0.25, -0.2) is 15.0 Å². The normalized spacial score (nSPS) is 14.6. The summed E-state index contributed by atoms with van der Waals surface area (Å²) in [7, 11) is 3.20. The summed E-state index contributed by atoms with van der Waals surface area (Å²) in [6, 6.07) is 9.57. The van der Waals surface area contributed by atoms with Gasteiger partial charge >= 0.3 is 0 Å². The number of nitrogens with one attached hydrogen (secondary N) is 1. The summed E-state index contributed by atoms with van der Waals surface area (Å²) in [6.07, 6.45) is 8.20. The maximum absolute atomic E-state index is 6.15. The lowest BCUT2D eigenvalue weighted by Crippen LogP contribution is -2.16. The smallest absolute Gasteiger partial charge is 0.230 e. The van der Waals surface area contributed by atoms with Crippen LogP contribution in [0, 0.1) is 5.92 Å². The standard InChI is InChI=1S/C24H26N4O3S/c1-29-20-11-17-19(12-21(20)30-2)26-14-27-23(17)31-16-8-9-18-22(10-16)32-24(28-18)25-13-15-6-4-3-5-7-15/h8-12,14-15H,3-7,13H2,1-2H3,(H,25,28). The van der Waals surface area contributed by atoms with Gasteiger partial charge in [-0.1, -0.05) is 30.6 Å². The van der Waals surface area contributed by atoms with E-state index in [-0.39, 0.29) is 0 Å². The number of thiazole rings is 1. The molecule has 0 bridgehead atoms. The first-order chi connectivity index (χ1) is 15.7. The Balaban J connectivity index is 1.37. The molecule has 0 amide bonds. The first-order valence-electron chi connectivity index (χ1n) is 10.9. The number of anilines is 1. The fraction of sp³-hybridized carbons (Fsp3) is 0.375. The molecule has 1 aliphatic rings. The number of aromatic nitrogens is 3. The second kappa shape index (κ2) is 9.16. The summed E-state index contributed by atoms with van der Waals surface area (Å²) in [5, 5.41) is 5.26. The molecule has 2 heterocycles. The Morgan fingerprint density at radius 3 is 2.59 bits per heavy atom. The summed E-state index contributed by atoms with van der Waals surface area (Å²) >= 11 is 1.65. The van der Waals surface area contributed by atoms with Gasteiger partial charge in [-0.15, -0.1) is 0 Å². The van der Waals surface area contributed by atoms with E-state index in [9.17, 15) is 0 Å². The monoisotopic (exact) mass is 450 g/mol. The SMILES string of the molecule is COc1cc2ncnc(Oc3ccc4nc(NCC5CCCCC5)sc4c3)c2cc1OC. The van der Waals surface area contributed by atoms with E-state index in [4.69, 9.17) is 19.2 Å². The van der Waals surface area contributed by atoms with Crippen LogP contribution in [-0.4, -0.2) is 35.7 Å². The molecule has 1 fully saturated rings. The Morgan fingerprint density at radius 1 is 0.969 bits per heavy atom. The van der Waals surface area contributed by atoms with Gasteiger partial charge in [-0.05, 0) is 37.0 Å². The van der Waals surface area contributed by atoms with Crippen molar-refractivity contribution in [2.45, 2.75) is 32.1 Å². The van der Waals surface area contributed by atoms with Crippen molar-refractivity contribution in [2.24, 2.45) is 5.92 Å². The molecule has 1 saturated carbocycles. The van der Waals surface area contributed by atoms with Crippen molar-refractivity contribution in [3.8, 4) is 23.1 Å². The molecular formula is C24H26N4O3S. The Labute approximate surface area is 190 Å². The number of fused-ring (bicyclic) bond motifs is 2. The Kier molecular flexibility index (Phi) is 5.94. The van der Waals surface area contributed by atoms with Gasteiger partial charge in [0.1, 0.15) is 12.1 Å². The van der Waals surface area contributed by atoms with Crippen molar-refractivity contribution in [1.82, 2.24) is 15.0 Å². The van der Waals surface area contributed by atoms with Gasteiger partial charge in [-0.3, -0.25) is 0 Å². The minimum Gasteiger partial charge on any atom is -0.493 e. The second-order valence-electron chi connectivity index (χ2n) is 8.04. The van der Waals surface area contributed by atoms with E-state index in [0.717, 1.165) is 38.7 Å². The molecule has 32 heavy (non-hydrogen) atoms. The zero-order valence-electron chi connectivity index (χ0n) is 18.3. The first kappa shape index (κ1) is 20.8. The van der Waals surface area contributed by atoms with Crippen LogP contribution in [-0.2, 0) is 0 Å². The predicted octanol–water partition coefficient (Wildman–Crippen LogP) is 6.04. The maximum atomic E-state index is 6.15. The van der Waals surface area contributed by atoms with Crippen LogP contribution in [0.4, 0.5) is 5.13 Å². The van der Waals surface area contributed by atoms with E-state index in [1.54, 1.807) is 25.6 Å². The zero-order valence-corrected chi connectivity index (χ0v) is 19.1. The van der Waals surface area contributed by atoms with Crippen molar-refractivity contribution in [2.75, 3.05) is 26.1 Å². The van der Waals surface area contributed by atoms with Gasteiger partial charge < -0.3 is 19.5 Å². The van der Waals surface area contributed by atoms with Crippen molar-refractivity contribution < 1.29 is 14.2 Å². The highest BCUT2D eigenvalue weighted by atomic mass is 32.1. The van der Waals surface area contributed by atoms with E-state index in [2.05, 4.69) is 15.3 Å². The van der Waals surface area contributed by atoms with Crippen molar-refractivity contribution in [3.63, 3.8) is 0 Å². The van der Waals surface area contributed by atoms with Gasteiger partial charge in [0, 0.05) is 18.7 Å². The van der Waals surface area contributed by atoms with E-state index >= 15 is 0 Å². The number of hydrogen-bond acceptors (Lipinski definition) is 8. The third-order valence-electron chi connectivity index (χ3n) is 5.95. The molecule has 0 atom stereocenters. The van der Waals surface area contributed by atoms with Gasteiger partial charge in [0.25, 0.3) is 0 Å². The molecule has 166 valence electrons. The average Bonchev–Trinajstić information content (AvgIpc) is 3.25. The van der Waals surface area contributed by atoms with Crippen molar-refractivity contribution >= 4 is 37.6 Å². The summed E-state index contributed by atoms with van der Waals surface area (Å²) in [4.78, 5) is 13.4. The molecule has 0 saturated heterocycles. The zero-order chi connectivity index (χ0) is 21.9. The predicted molar refractivity (Wildman–Crippen MR) is 127 cm³/mol. The summed E-state index contributed by atoms with van der Waals surface area (Å²) in [5.41, 5.74) is 1.69. The van der Waals surface area contributed by atoms with Crippen LogP contribution in [0.2, 0.25) is 0 Å². The van der Waals surface area contributed by atoms with Gasteiger partial charge in [-0.2, -0.15) is 0 Å². The van der Waals surface area contributed by atoms with Crippen LogP contribution in [0.3, 0.4) is 0 Å². The fourth-order valence-corrected chi connectivity index (χ4v) is 5.12. The molecule has 0 unspecified atom stereocenters. The number of hydrogen-bond donors (Lipinski definition) is 1. The van der Waals surface area contributed by atoms with E-state index in [1.807, 2.05) is 30.3 Å². The lowest BCUT2D eigenvalue weighted by atomic mass is 9.89. The van der Waals surface area contributed by atoms with Crippen LogP contribution < -0.4 is 19.5 Å². The Morgan fingerprint density at radius 2 is 1.78 bits per heavy atom. The number of methoxy groups -OCH3 is 2. The molecule has 4 aromatic rings. The fourth-order valence-electron chi connectivity index (χ4n) is 4.22. The van der Waals surface area contributed by atoms with Crippen LogP contribution >= 0.6 is 11.3 Å². The van der Waals surface area contributed by atoms with Crippen LogP contribution in [0.15, 0.2) is 36.7 Å². The summed E-state index contributed by atoms with van der Waals surface area (Å²) in [5.74, 6) is 3.15. The molecule has 5 rings (SSSR count). The van der Waals surface area contributed by atoms with Crippen LogP contribution in [0.1, 0.15) is 32.1 Å². The Bertz CT molecular complexity index is 1240. The van der Waals surface area contributed by atoms with E-state index < -0.39 is 0 Å². The molecule has 8 heteroatoms. The summed E-state index contributed by atoms with van der Waals surface area (Å²) in [6.45, 7) is 1.00. The van der Waals surface area contributed by atoms with E-state index in [0.29, 0.717) is 23.1 Å². The van der Waals surface area contributed by atoms with Crippen molar-refractivity contribution in [1.29, 1.82) is 0 Å². The lowest BCUT2D eigenvalue weighted by molar-refractivity contribution is 0.355. The van der Waals surface area contributed by atoms with Gasteiger partial charge in [0.05, 0.1) is 35.3 Å². The minimum absolute atomic E-state index is 0.468. The van der Waals surface area contributed by atoms with Crippen LogP contribution in [0.5, 0.6) is 23.1 Å². The van der Waals surface area contributed by atoms with Crippen molar-refractivity contribution in [3.05, 3.63) is 36.7 Å². The molecule has 1 N–H and O–H groups in total. The molecular weight excluding hydrogens is 424 g/mol. The third kappa shape index (κ3) is 4.27. The largest absolute Gasteiger partial charge is 0.493 e. The molecule has 7 nitrogen and oxygen atoms in total. The quantitative estimate of drug-likeness (QED) is 0.368. The highest BCUT2D eigenvalue weighted by Gasteiger charge is 2.15. The molecule has 1 aliphatic carbocycles. The number of ether oxygens (including phenoxy) is 3. The van der Waals surface area contributed by atoms with E-state index in [1.165, 1.54) is 38.4 Å². The lowest BCUT2D eigenvalue weighted by Gasteiger charge is -2.21. The molecule has 0 radical (unpaired) electrons. The second-order valence-corrected chi connectivity index (χ2v) is 9.07. The first-order valence-corrected chi connectivity index (χ1v) is 11.7. The molecule has 2 aromatic heterocycles. The van der Waals surface area contributed by atoms with Crippen LogP contribution in [0.25, 0.3) is 21.1 Å². The molecule has 2 aromatic carbocycles. The Hall–Kier alpha value is -3.13. The number of rotatable bonds is 7. The van der Waals surface area contributed by atoms with Gasteiger partial charge in [0.2, 0.25) is 5.88 Å². The highest BCUT2D eigenvalue weighted by molar-refractivity contribution is 7.22. The molecule has 0 spiro atoms. The maximum Gasteiger partial charge on any atom is 0.230 e.